The van der Waals surface area contributed by atoms with Crippen LogP contribution < -0.4 is 16.2 Å². The summed E-state index contributed by atoms with van der Waals surface area (Å²) in [5.74, 6) is -0.0386. The molecule has 5 N–H and O–H groups in total. The Kier molecular flexibility index (Phi) is 8.48. The van der Waals surface area contributed by atoms with Crippen LogP contribution in [0.2, 0.25) is 0 Å². The van der Waals surface area contributed by atoms with Crippen LogP contribution >= 0.6 is 0 Å². The summed E-state index contributed by atoms with van der Waals surface area (Å²) in [4.78, 5) is 14.5. The molecule has 11 heteroatoms. The van der Waals surface area contributed by atoms with Crippen molar-refractivity contribution in [3.05, 3.63) is 94.3 Å². The highest BCUT2D eigenvalue weighted by Crippen LogP contribution is 2.28. The van der Waals surface area contributed by atoms with Crippen molar-refractivity contribution in [3.63, 3.8) is 0 Å². The number of hydrogen-bond donors (Lipinski definition) is 5. The summed E-state index contributed by atoms with van der Waals surface area (Å²) in [6, 6.07) is 20.8. The van der Waals surface area contributed by atoms with Crippen LogP contribution in [0.4, 0.5) is 11.4 Å². The van der Waals surface area contributed by atoms with Crippen molar-refractivity contribution >= 4 is 32.3 Å². The van der Waals surface area contributed by atoms with Crippen LogP contribution in [0.25, 0.3) is 10.9 Å². The van der Waals surface area contributed by atoms with Crippen molar-refractivity contribution in [2.45, 2.75) is 17.4 Å². The number of morpholine rings is 1. The highest BCUT2D eigenvalue weighted by atomic mass is 32.2. The largest absolute Gasteiger partial charge is 0.506 e. The number of H-pyrrole nitrogens is 1. The van der Waals surface area contributed by atoms with E-state index in [1.54, 1.807) is 36.4 Å². The van der Waals surface area contributed by atoms with Gasteiger partial charge in [-0.1, -0.05) is 18.2 Å². The number of phenols is 1. The zero-order valence-corrected chi connectivity index (χ0v) is 22.7. The number of phenolic OH excluding ortho intramolecular Hbond substituents is 1. The van der Waals surface area contributed by atoms with Crippen LogP contribution in [0.15, 0.2) is 82.5 Å². The average Bonchev–Trinajstić information content (AvgIpc) is 2.97. The summed E-state index contributed by atoms with van der Waals surface area (Å²) in [5, 5.41) is 27.9. The van der Waals surface area contributed by atoms with E-state index in [0.717, 1.165) is 23.4 Å². The van der Waals surface area contributed by atoms with Gasteiger partial charge >= 0.3 is 0 Å². The number of aromatic nitrogens is 1. The van der Waals surface area contributed by atoms with Crippen molar-refractivity contribution in [3.8, 4) is 5.75 Å². The number of pyridine rings is 1. The highest BCUT2D eigenvalue weighted by molar-refractivity contribution is 7.89. The van der Waals surface area contributed by atoms with Gasteiger partial charge in [0.05, 0.1) is 29.7 Å². The molecule has 1 aliphatic heterocycles. The summed E-state index contributed by atoms with van der Waals surface area (Å²) < 4.78 is 32.3. The van der Waals surface area contributed by atoms with Gasteiger partial charge in [0.15, 0.2) is 0 Å². The lowest BCUT2D eigenvalue weighted by atomic mass is 10.0. The Morgan fingerprint density at radius 3 is 2.30 bits per heavy atom. The molecule has 3 aromatic carbocycles. The maximum absolute atomic E-state index is 12.8. The number of aliphatic hydroxyl groups excluding tert-OH is 1. The average molecular weight is 565 g/mol. The first-order valence-corrected chi connectivity index (χ1v) is 14.5. The minimum Gasteiger partial charge on any atom is -0.506 e. The molecule has 10 nitrogen and oxygen atoms in total. The van der Waals surface area contributed by atoms with E-state index in [2.05, 4.69) is 15.6 Å². The van der Waals surface area contributed by atoms with E-state index >= 15 is 0 Å². The normalized spacial score (nSPS) is 15.2. The fourth-order valence-corrected chi connectivity index (χ4v) is 6.11. The molecule has 0 amide bonds. The van der Waals surface area contributed by atoms with Crippen molar-refractivity contribution in [1.29, 1.82) is 0 Å². The number of aromatic hydroxyl groups is 1. The topological polar surface area (TPSA) is 144 Å². The minimum absolute atomic E-state index is 0.0386. The molecule has 0 bridgehead atoms. The van der Waals surface area contributed by atoms with E-state index in [-0.39, 0.29) is 16.2 Å². The second-order valence-corrected chi connectivity index (χ2v) is 11.6. The van der Waals surface area contributed by atoms with Crippen LogP contribution in [0, 0.1) is 0 Å². The minimum atomic E-state index is -3.52. The van der Waals surface area contributed by atoms with Crippen LogP contribution in [0.5, 0.6) is 5.75 Å². The highest BCUT2D eigenvalue weighted by Gasteiger charge is 2.26. The zero-order chi connectivity index (χ0) is 28.1. The van der Waals surface area contributed by atoms with E-state index in [4.69, 9.17) is 4.74 Å². The monoisotopic (exact) mass is 564 g/mol. The zero-order valence-electron chi connectivity index (χ0n) is 21.8. The Labute approximate surface area is 232 Å². The fraction of sp³-hybridized carbons (Fsp3) is 0.276. The molecule has 1 saturated heterocycles. The van der Waals surface area contributed by atoms with Gasteiger partial charge in [-0.3, -0.25) is 4.79 Å². The molecule has 1 atom stereocenters. The van der Waals surface area contributed by atoms with Crippen LogP contribution in [-0.2, 0) is 21.2 Å². The third-order valence-electron chi connectivity index (χ3n) is 6.90. The first-order chi connectivity index (χ1) is 19.3. The quantitative estimate of drug-likeness (QED) is 0.185. The van der Waals surface area contributed by atoms with Gasteiger partial charge in [0.25, 0.3) is 0 Å². The maximum atomic E-state index is 12.8. The van der Waals surface area contributed by atoms with Crippen molar-refractivity contribution < 1.29 is 23.4 Å². The molecule has 5 rings (SSSR count). The first kappa shape index (κ1) is 27.8. The Balaban J connectivity index is 1.11. The molecule has 40 heavy (non-hydrogen) atoms. The number of nitrogens with zero attached hydrogens (tertiary/aromatic N) is 1. The summed E-state index contributed by atoms with van der Waals surface area (Å²) in [7, 11) is -3.52. The molecule has 4 aromatic rings. The summed E-state index contributed by atoms with van der Waals surface area (Å²) in [6.45, 7) is 2.51. The number of rotatable bonds is 10. The van der Waals surface area contributed by atoms with Crippen LogP contribution in [0.1, 0.15) is 17.2 Å². The Morgan fingerprint density at radius 1 is 0.925 bits per heavy atom. The Bertz CT molecular complexity index is 1620. The Morgan fingerprint density at radius 2 is 1.60 bits per heavy atom. The second-order valence-electron chi connectivity index (χ2n) is 9.62. The third kappa shape index (κ3) is 6.35. The van der Waals surface area contributed by atoms with Gasteiger partial charge in [0.2, 0.25) is 15.6 Å². The predicted molar refractivity (Wildman–Crippen MR) is 154 cm³/mol. The summed E-state index contributed by atoms with van der Waals surface area (Å²) >= 11 is 0. The van der Waals surface area contributed by atoms with Gasteiger partial charge in [0.1, 0.15) is 5.75 Å². The predicted octanol–water partition coefficient (Wildman–Crippen LogP) is 2.86. The van der Waals surface area contributed by atoms with Crippen molar-refractivity contribution in [2.75, 3.05) is 44.7 Å². The molecular formula is C29H32N4O6S. The SMILES string of the molecule is O=c1ccc2c([C@@H](O)CNCCc3ccc(Nc4ccc(S(=O)(=O)N5CCOCC5)cc4)cc3)ccc(O)c2[nH]1. The van der Waals surface area contributed by atoms with E-state index in [0.29, 0.717) is 55.9 Å². The van der Waals surface area contributed by atoms with E-state index in [1.807, 2.05) is 24.3 Å². The lowest BCUT2D eigenvalue weighted by Crippen LogP contribution is -2.40. The lowest BCUT2D eigenvalue weighted by molar-refractivity contribution is 0.0730. The molecule has 1 aliphatic rings. The number of ether oxygens (including phenoxy) is 1. The summed E-state index contributed by atoms with van der Waals surface area (Å²) in [6.07, 6.45) is -0.0547. The number of sulfonamides is 1. The maximum Gasteiger partial charge on any atom is 0.248 e. The number of nitrogens with one attached hydrogen (secondary N) is 3. The Hall–Kier alpha value is -3.74. The number of aliphatic hydroxyl groups is 1. The number of aromatic amines is 1. The molecule has 210 valence electrons. The van der Waals surface area contributed by atoms with Crippen LogP contribution in [0.3, 0.4) is 0 Å². The summed E-state index contributed by atoms with van der Waals surface area (Å²) in [5.41, 5.74) is 3.41. The van der Waals surface area contributed by atoms with Gasteiger partial charge in [0, 0.05) is 42.5 Å². The van der Waals surface area contributed by atoms with Gasteiger partial charge in [-0.05, 0) is 72.6 Å². The molecular weight excluding hydrogens is 532 g/mol. The van der Waals surface area contributed by atoms with Crippen molar-refractivity contribution in [1.82, 2.24) is 14.6 Å². The molecule has 0 aliphatic carbocycles. The second kappa shape index (κ2) is 12.2. The van der Waals surface area contributed by atoms with Gasteiger partial charge in [-0.2, -0.15) is 4.31 Å². The number of fused-ring (bicyclic) bond motifs is 1. The molecule has 2 heterocycles. The van der Waals surface area contributed by atoms with E-state index in [9.17, 15) is 23.4 Å². The molecule has 0 unspecified atom stereocenters. The first-order valence-electron chi connectivity index (χ1n) is 13.1. The molecule has 1 fully saturated rings. The molecule has 0 saturated carbocycles. The van der Waals surface area contributed by atoms with E-state index in [1.165, 1.54) is 16.4 Å². The lowest BCUT2D eigenvalue weighted by Gasteiger charge is -2.26. The van der Waals surface area contributed by atoms with Gasteiger partial charge in [-0.15, -0.1) is 0 Å². The van der Waals surface area contributed by atoms with Crippen molar-refractivity contribution in [2.24, 2.45) is 0 Å². The smallest absolute Gasteiger partial charge is 0.248 e. The molecule has 0 spiro atoms. The van der Waals surface area contributed by atoms with Gasteiger partial charge in [-0.25, -0.2) is 8.42 Å². The third-order valence-corrected chi connectivity index (χ3v) is 8.81. The molecule has 0 radical (unpaired) electrons. The van der Waals surface area contributed by atoms with E-state index < -0.39 is 16.1 Å². The number of hydrogen-bond acceptors (Lipinski definition) is 8. The fourth-order valence-electron chi connectivity index (χ4n) is 4.70. The standard InChI is InChI=1S/C29H32N4O6S/c34-26-11-9-24(25-10-12-28(36)32-29(25)26)27(35)19-30-14-13-20-1-3-21(4-2-20)31-22-5-7-23(8-6-22)40(37,38)33-15-17-39-18-16-33/h1-12,27,30-31,34-35H,13-19H2,(H,32,36)/t27-/m0/s1. The number of anilines is 2. The van der Waals surface area contributed by atoms with Gasteiger partial charge < -0.3 is 30.6 Å². The number of benzene rings is 3. The molecule has 1 aromatic heterocycles. The van der Waals surface area contributed by atoms with Crippen LogP contribution in [-0.4, -0.2) is 67.3 Å².